The van der Waals surface area contributed by atoms with Crippen molar-refractivity contribution < 1.29 is 17.9 Å². The highest BCUT2D eigenvalue weighted by Crippen LogP contribution is 2.17. The second kappa shape index (κ2) is 6.84. The molecule has 2 fully saturated rings. The molecule has 2 unspecified atom stereocenters. The maximum absolute atomic E-state index is 12.2. The second-order valence-electron chi connectivity index (χ2n) is 6.02. The summed E-state index contributed by atoms with van der Waals surface area (Å²) in [6, 6.07) is 3.15. The number of amides is 1. The van der Waals surface area contributed by atoms with Gasteiger partial charge in [0.15, 0.2) is 9.84 Å². The molecule has 0 saturated carbocycles. The molecular weight excluding hydrogens is 318 g/mol. The van der Waals surface area contributed by atoms with Crippen LogP contribution in [0.15, 0.2) is 18.3 Å². The zero-order valence-corrected chi connectivity index (χ0v) is 13.6. The molecule has 2 aliphatic rings. The number of carbonyl (C=O) groups excluding carboxylic acids is 1. The molecule has 2 aliphatic heterocycles. The highest BCUT2D eigenvalue weighted by molar-refractivity contribution is 7.91. The smallest absolute Gasteiger partial charge is 0.251 e. The van der Waals surface area contributed by atoms with Crippen LogP contribution in [0, 0.1) is 0 Å². The van der Waals surface area contributed by atoms with E-state index in [4.69, 9.17) is 4.74 Å². The highest BCUT2D eigenvalue weighted by atomic mass is 32.2. The molecule has 3 rings (SSSR count). The molecule has 3 heterocycles. The lowest BCUT2D eigenvalue weighted by molar-refractivity contribution is 0.0857. The third kappa shape index (κ3) is 4.42. The van der Waals surface area contributed by atoms with E-state index in [1.807, 2.05) is 0 Å². The summed E-state index contributed by atoms with van der Waals surface area (Å²) in [5.74, 6) is 0.665. The predicted molar refractivity (Wildman–Crippen MR) is 86.2 cm³/mol. The van der Waals surface area contributed by atoms with E-state index in [9.17, 15) is 13.2 Å². The average molecular weight is 339 g/mol. The van der Waals surface area contributed by atoms with Crippen molar-refractivity contribution >= 4 is 21.6 Å². The van der Waals surface area contributed by atoms with E-state index >= 15 is 0 Å². The Labute approximate surface area is 135 Å². The van der Waals surface area contributed by atoms with Gasteiger partial charge in [0, 0.05) is 31.0 Å². The molecular formula is C15H21N3O4S. The summed E-state index contributed by atoms with van der Waals surface area (Å²) < 4.78 is 28.4. The van der Waals surface area contributed by atoms with Gasteiger partial charge in [-0.25, -0.2) is 13.4 Å². The van der Waals surface area contributed by atoms with Crippen molar-refractivity contribution in [3.05, 3.63) is 23.9 Å². The summed E-state index contributed by atoms with van der Waals surface area (Å²) in [6.07, 6.45) is 4.22. The SMILES string of the molecule is O=C(NCC1CCCO1)c1ccnc(NC2CCS(=O)(=O)C2)c1. The molecule has 126 valence electrons. The zero-order valence-electron chi connectivity index (χ0n) is 12.8. The Morgan fingerprint density at radius 3 is 2.96 bits per heavy atom. The number of carbonyl (C=O) groups is 1. The number of anilines is 1. The van der Waals surface area contributed by atoms with Crippen LogP contribution in [0.25, 0.3) is 0 Å². The van der Waals surface area contributed by atoms with Crippen molar-refractivity contribution in [2.24, 2.45) is 0 Å². The van der Waals surface area contributed by atoms with Crippen LogP contribution in [-0.4, -0.2) is 56.1 Å². The third-order valence-electron chi connectivity index (χ3n) is 4.12. The minimum absolute atomic E-state index is 0.0991. The third-order valence-corrected chi connectivity index (χ3v) is 5.89. The van der Waals surface area contributed by atoms with Gasteiger partial charge < -0.3 is 15.4 Å². The van der Waals surface area contributed by atoms with Crippen molar-refractivity contribution in [2.45, 2.75) is 31.4 Å². The molecule has 23 heavy (non-hydrogen) atoms. The monoisotopic (exact) mass is 339 g/mol. The van der Waals surface area contributed by atoms with Gasteiger partial charge in [0.2, 0.25) is 0 Å². The molecule has 8 heteroatoms. The molecule has 2 N–H and O–H groups in total. The molecule has 0 aliphatic carbocycles. The molecule has 2 saturated heterocycles. The predicted octanol–water partition coefficient (Wildman–Crippen LogP) is 0.589. The fourth-order valence-corrected chi connectivity index (χ4v) is 4.56. The standard InChI is InChI=1S/C15H21N3O4S/c19-15(17-9-13-2-1-6-22-13)11-3-5-16-14(8-11)18-12-4-7-23(20,21)10-12/h3,5,8,12-13H,1-2,4,6-7,9-10H2,(H,16,18)(H,17,19). The summed E-state index contributed by atoms with van der Waals surface area (Å²) in [5.41, 5.74) is 0.501. The summed E-state index contributed by atoms with van der Waals surface area (Å²) in [5, 5.41) is 5.95. The van der Waals surface area contributed by atoms with Crippen LogP contribution in [0.3, 0.4) is 0 Å². The Morgan fingerprint density at radius 2 is 2.26 bits per heavy atom. The summed E-state index contributed by atoms with van der Waals surface area (Å²) in [7, 11) is -2.94. The van der Waals surface area contributed by atoms with Gasteiger partial charge in [-0.3, -0.25) is 4.79 Å². The summed E-state index contributed by atoms with van der Waals surface area (Å²) in [4.78, 5) is 16.3. The number of hydrogen-bond donors (Lipinski definition) is 2. The van der Waals surface area contributed by atoms with Crippen LogP contribution in [0.4, 0.5) is 5.82 Å². The molecule has 0 radical (unpaired) electrons. The van der Waals surface area contributed by atoms with Crippen LogP contribution in [0.2, 0.25) is 0 Å². The Morgan fingerprint density at radius 1 is 1.39 bits per heavy atom. The Kier molecular flexibility index (Phi) is 4.82. The Bertz CT molecular complexity index is 671. The largest absolute Gasteiger partial charge is 0.376 e. The summed E-state index contributed by atoms with van der Waals surface area (Å²) in [6.45, 7) is 1.26. The van der Waals surface area contributed by atoms with Gasteiger partial charge in [-0.15, -0.1) is 0 Å². The minimum Gasteiger partial charge on any atom is -0.376 e. The van der Waals surface area contributed by atoms with E-state index in [1.165, 1.54) is 0 Å². The van der Waals surface area contributed by atoms with E-state index in [0.29, 0.717) is 24.3 Å². The number of rotatable bonds is 5. The zero-order chi connectivity index (χ0) is 16.3. The summed E-state index contributed by atoms with van der Waals surface area (Å²) >= 11 is 0. The number of nitrogens with one attached hydrogen (secondary N) is 2. The topological polar surface area (TPSA) is 97.4 Å². The molecule has 7 nitrogen and oxygen atoms in total. The highest BCUT2D eigenvalue weighted by Gasteiger charge is 2.28. The molecule has 2 atom stereocenters. The number of ether oxygens (including phenoxy) is 1. The van der Waals surface area contributed by atoms with Gasteiger partial charge in [-0.2, -0.15) is 0 Å². The van der Waals surface area contributed by atoms with Gasteiger partial charge in [0.25, 0.3) is 5.91 Å². The van der Waals surface area contributed by atoms with Gasteiger partial charge >= 0.3 is 0 Å². The Balaban J connectivity index is 1.57. The van der Waals surface area contributed by atoms with E-state index in [1.54, 1.807) is 18.3 Å². The van der Waals surface area contributed by atoms with E-state index in [-0.39, 0.29) is 29.6 Å². The first-order valence-corrected chi connectivity index (χ1v) is 9.67. The molecule has 0 aromatic carbocycles. The first-order valence-electron chi connectivity index (χ1n) is 7.85. The quantitative estimate of drug-likeness (QED) is 0.815. The second-order valence-corrected chi connectivity index (χ2v) is 8.25. The van der Waals surface area contributed by atoms with Gasteiger partial charge in [0.1, 0.15) is 5.82 Å². The normalized spacial score (nSPS) is 26.1. The van der Waals surface area contributed by atoms with Crippen molar-refractivity contribution in [2.75, 3.05) is 30.0 Å². The maximum Gasteiger partial charge on any atom is 0.251 e. The number of aromatic nitrogens is 1. The van der Waals surface area contributed by atoms with E-state index in [2.05, 4.69) is 15.6 Å². The maximum atomic E-state index is 12.2. The number of sulfone groups is 1. The first-order chi connectivity index (χ1) is 11.0. The van der Waals surface area contributed by atoms with Crippen LogP contribution in [0.1, 0.15) is 29.6 Å². The van der Waals surface area contributed by atoms with Gasteiger partial charge in [0.05, 0.1) is 17.6 Å². The van der Waals surface area contributed by atoms with Crippen molar-refractivity contribution in [1.29, 1.82) is 0 Å². The van der Waals surface area contributed by atoms with Crippen molar-refractivity contribution in [1.82, 2.24) is 10.3 Å². The fourth-order valence-electron chi connectivity index (χ4n) is 2.88. The molecule has 1 amide bonds. The van der Waals surface area contributed by atoms with Crippen LogP contribution < -0.4 is 10.6 Å². The number of pyridine rings is 1. The fraction of sp³-hybridized carbons (Fsp3) is 0.600. The average Bonchev–Trinajstić information content (AvgIpc) is 3.14. The van der Waals surface area contributed by atoms with Crippen molar-refractivity contribution in [3.63, 3.8) is 0 Å². The molecule has 1 aromatic heterocycles. The lowest BCUT2D eigenvalue weighted by Crippen LogP contribution is -2.31. The number of hydrogen-bond acceptors (Lipinski definition) is 6. The van der Waals surface area contributed by atoms with Crippen LogP contribution in [0.5, 0.6) is 0 Å². The minimum atomic E-state index is -2.94. The number of nitrogens with zero attached hydrogens (tertiary/aromatic N) is 1. The first kappa shape index (κ1) is 16.2. The lowest BCUT2D eigenvalue weighted by atomic mass is 10.2. The van der Waals surface area contributed by atoms with Crippen LogP contribution >= 0.6 is 0 Å². The molecule has 0 spiro atoms. The van der Waals surface area contributed by atoms with Crippen molar-refractivity contribution in [3.8, 4) is 0 Å². The van der Waals surface area contributed by atoms with E-state index < -0.39 is 9.84 Å². The lowest BCUT2D eigenvalue weighted by Gasteiger charge is -2.13. The van der Waals surface area contributed by atoms with Crippen LogP contribution in [-0.2, 0) is 14.6 Å². The van der Waals surface area contributed by atoms with E-state index in [0.717, 1.165) is 19.4 Å². The van der Waals surface area contributed by atoms with Gasteiger partial charge in [-0.05, 0) is 31.4 Å². The Hall–Kier alpha value is -1.67. The molecule has 0 bridgehead atoms. The molecule has 1 aromatic rings. The van der Waals surface area contributed by atoms with Gasteiger partial charge in [-0.1, -0.05) is 0 Å².